The van der Waals surface area contributed by atoms with Gasteiger partial charge in [-0.2, -0.15) is 5.10 Å². The lowest BCUT2D eigenvalue weighted by Gasteiger charge is -2.08. The summed E-state index contributed by atoms with van der Waals surface area (Å²) in [7, 11) is 0. The van der Waals surface area contributed by atoms with Crippen LogP contribution in [0.4, 0.5) is 5.69 Å². The van der Waals surface area contributed by atoms with Gasteiger partial charge in [-0.3, -0.25) is 14.9 Å². The highest BCUT2D eigenvalue weighted by molar-refractivity contribution is 5.98. The van der Waals surface area contributed by atoms with Crippen molar-refractivity contribution in [1.82, 2.24) is 9.99 Å². The van der Waals surface area contributed by atoms with Crippen molar-refractivity contribution in [3.05, 3.63) is 94.3 Å². The monoisotopic (exact) mass is 334 g/mol. The van der Waals surface area contributed by atoms with E-state index in [1.807, 2.05) is 41.2 Å². The van der Waals surface area contributed by atoms with Crippen LogP contribution in [0.5, 0.6) is 0 Å². The summed E-state index contributed by atoms with van der Waals surface area (Å²) >= 11 is 0. The van der Waals surface area contributed by atoms with E-state index in [1.54, 1.807) is 24.3 Å². The molecule has 0 aliphatic heterocycles. The molecule has 0 unspecified atom stereocenters. The maximum Gasteiger partial charge on any atom is 0.273 e. The van der Waals surface area contributed by atoms with E-state index in [2.05, 4.69) is 10.5 Å². The second-order valence-electron chi connectivity index (χ2n) is 5.16. The lowest BCUT2D eigenvalue weighted by atomic mass is 10.1. The number of para-hydroxylation sites is 1. The van der Waals surface area contributed by atoms with Crippen LogP contribution in [0.15, 0.2) is 78.2 Å². The molecule has 2 aromatic carbocycles. The Kier molecular flexibility index (Phi) is 4.66. The van der Waals surface area contributed by atoms with Crippen molar-refractivity contribution in [3.63, 3.8) is 0 Å². The summed E-state index contributed by atoms with van der Waals surface area (Å²) in [5, 5.41) is 14.6. The van der Waals surface area contributed by atoms with Gasteiger partial charge >= 0.3 is 0 Å². The van der Waals surface area contributed by atoms with E-state index in [9.17, 15) is 14.9 Å². The molecule has 0 atom stereocenters. The van der Waals surface area contributed by atoms with Crippen molar-refractivity contribution in [2.45, 2.75) is 0 Å². The third kappa shape index (κ3) is 3.78. The molecular formula is C18H14N4O3. The topological polar surface area (TPSA) is 89.5 Å². The summed E-state index contributed by atoms with van der Waals surface area (Å²) in [6.07, 6.45) is 5.06. The van der Waals surface area contributed by atoms with Crippen molar-refractivity contribution in [2.75, 3.05) is 0 Å². The van der Waals surface area contributed by atoms with E-state index in [0.717, 1.165) is 5.69 Å². The minimum Gasteiger partial charge on any atom is -0.323 e. The van der Waals surface area contributed by atoms with Crippen molar-refractivity contribution in [1.29, 1.82) is 0 Å². The molecule has 0 aliphatic carbocycles. The smallest absolute Gasteiger partial charge is 0.273 e. The minimum atomic E-state index is -0.483. The van der Waals surface area contributed by atoms with E-state index in [4.69, 9.17) is 0 Å². The van der Waals surface area contributed by atoms with Crippen LogP contribution in [-0.2, 0) is 0 Å². The first kappa shape index (κ1) is 16.1. The van der Waals surface area contributed by atoms with Crippen LogP contribution < -0.4 is 5.43 Å². The number of rotatable bonds is 5. The maximum atomic E-state index is 12.4. The SMILES string of the molecule is O=C(N/N=C\c1cccc([N+](=O)[O-])c1)c1ccccc1-n1cccc1. The molecule has 7 heteroatoms. The number of nitrogens with zero attached hydrogens (tertiary/aromatic N) is 3. The zero-order valence-corrected chi connectivity index (χ0v) is 13.1. The van der Waals surface area contributed by atoms with Gasteiger partial charge in [-0.25, -0.2) is 5.43 Å². The molecule has 25 heavy (non-hydrogen) atoms. The summed E-state index contributed by atoms with van der Waals surface area (Å²) < 4.78 is 1.83. The summed E-state index contributed by atoms with van der Waals surface area (Å²) in [6, 6.07) is 16.9. The fourth-order valence-electron chi connectivity index (χ4n) is 2.33. The van der Waals surface area contributed by atoms with Crippen molar-refractivity contribution < 1.29 is 9.72 Å². The van der Waals surface area contributed by atoms with E-state index in [-0.39, 0.29) is 11.6 Å². The highest BCUT2D eigenvalue weighted by atomic mass is 16.6. The molecule has 3 rings (SSSR count). The molecule has 7 nitrogen and oxygen atoms in total. The summed E-state index contributed by atoms with van der Waals surface area (Å²) in [5.41, 5.74) is 4.13. The summed E-state index contributed by atoms with van der Waals surface area (Å²) in [6.45, 7) is 0. The lowest BCUT2D eigenvalue weighted by Crippen LogP contribution is -2.19. The molecule has 124 valence electrons. The lowest BCUT2D eigenvalue weighted by molar-refractivity contribution is -0.384. The van der Waals surface area contributed by atoms with Gasteiger partial charge in [0.2, 0.25) is 0 Å². The van der Waals surface area contributed by atoms with Crippen LogP contribution in [-0.4, -0.2) is 21.6 Å². The molecule has 0 spiro atoms. The average molecular weight is 334 g/mol. The van der Waals surface area contributed by atoms with E-state index in [1.165, 1.54) is 18.3 Å². The predicted octanol–water partition coefficient (Wildman–Crippen LogP) is 3.15. The van der Waals surface area contributed by atoms with Crippen LogP contribution in [0.2, 0.25) is 0 Å². The van der Waals surface area contributed by atoms with Crippen LogP contribution in [0.3, 0.4) is 0 Å². The largest absolute Gasteiger partial charge is 0.323 e. The number of carbonyl (C=O) groups is 1. The Hall–Kier alpha value is -3.74. The number of non-ortho nitro benzene ring substituents is 1. The molecule has 3 aromatic rings. The number of benzene rings is 2. The third-order valence-corrected chi connectivity index (χ3v) is 3.49. The number of amides is 1. The normalized spacial score (nSPS) is 10.7. The van der Waals surface area contributed by atoms with Gasteiger partial charge in [-0.05, 0) is 24.3 Å². The van der Waals surface area contributed by atoms with Gasteiger partial charge in [0.15, 0.2) is 0 Å². The number of nitrogens with one attached hydrogen (secondary N) is 1. The van der Waals surface area contributed by atoms with Crippen molar-refractivity contribution >= 4 is 17.8 Å². The summed E-state index contributed by atoms with van der Waals surface area (Å²) in [4.78, 5) is 22.7. The first-order valence-corrected chi connectivity index (χ1v) is 7.45. The van der Waals surface area contributed by atoms with E-state index >= 15 is 0 Å². The highest BCUT2D eigenvalue weighted by Gasteiger charge is 2.11. The Morgan fingerprint density at radius 3 is 2.60 bits per heavy atom. The number of carbonyl (C=O) groups excluding carboxylic acids is 1. The number of hydrogen-bond donors (Lipinski definition) is 1. The van der Waals surface area contributed by atoms with Gasteiger partial charge in [0.05, 0.1) is 22.4 Å². The Morgan fingerprint density at radius 1 is 1.08 bits per heavy atom. The molecule has 0 radical (unpaired) electrons. The Morgan fingerprint density at radius 2 is 1.84 bits per heavy atom. The first-order valence-electron chi connectivity index (χ1n) is 7.45. The van der Waals surface area contributed by atoms with Crippen LogP contribution in [0.25, 0.3) is 5.69 Å². The molecule has 0 aliphatic rings. The number of aromatic nitrogens is 1. The van der Waals surface area contributed by atoms with Gasteiger partial charge in [-0.1, -0.05) is 24.3 Å². The van der Waals surface area contributed by atoms with E-state index in [0.29, 0.717) is 11.1 Å². The number of hydrogen-bond acceptors (Lipinski definition) is 4. The quantitative estimate of drug-likeness (QED) is 0.441. The fraction of sp³-hybridized carbons (Fsp3) is 0. The van der Waals surface area contributed by atoms with E-state index < -0.39 is 4.92 Å². The predicted molar refractivity (Wildman–Crippen MR) is 93.9 cm³/mol. The molecule has 1 heterocycles. The zero-order chi connectivity index (χ0) is 17.6. The number of nitro benzene ring substituents is 1. The van der Waals surface area contributed by atoms with Crippen LogP contribution >= 0.6 is 0 Å². The van der Waals surface area contributed by atoms with Gasteiger partial charge < -0.3 is 4.57 Å². The van der Waals surface area contributed by atoms with Gasteiger partial charge in [0.1, 0.15) is 0 Å². The molecule has 1 aromatic heterocycles. The van der Waals surface area contributed by atoms with Gasteiger partial charge in [0.25, 0.3) is 11.6 Å². The number of hydrazone groups is 1. The Balaban J connectivity index is 1.76. The highest BCUT2D eigenvalue weighted by Crippen LogP contribution is 2.15. The molecule has 1 N–H and O–H groups in total. The Labute approximate surface area is 143 Å². The average Bonchev–Trinajstić information content (AvgIpc) is 3.16. The second-order valence-corrected chi connectivity index (χ2v) is 5.16. The molecule has 0 bridgehead atoms. The minimum absolute atomic E-state index is 0.0340. The third-order valence-electron chi connectivity index (χ3n) is 3.49. The van der Waals surface area contributed by atoms with Crippen molar-refractivity contribution in [3.8, 4) is 5.69 Å². The Bertz CT molecular complexity index is 933. The van der Waals surface area contributed by atoms with Gasteiger partial charge in [0, 0.05) is 30.1 Å². The molecule has 0 saturated heterocycles. The summed E-state index contributed by atoms with van der Waals surface area (Å²) in [5.74, 6) is -0.369. The van der Waals surface area contributed by atoms with Crippen LogP contribution in [0.1, 0.15) is 15.9 Å². The van der Waals surface area contributed by atoms with Crippen LogP contribution in [0, 0.1) is 10.1 Å². The molecule has 1 amide bonds. The molecule has 0 fully saturated rings. The zero-order valence-electron chi connectivity index (χ0n) is 13.1. The van der Waals surface area contributed by atoms with Gasteiger partial charge in [-0.15, -0.1) is 0 Å². The molecule has 0 saturated carbocycles. The molecular weight excluding hydrogens is 320 g/mol. The number of nitro groups is 1. The standard InChI is InChI=1S/C18H14N4O3/c23-18(16-8-1-2-9-17(16)21-10-3-4-11-21)20-19-13-14-6-5-7-15(12-14)22(24)25/h1-13H,(H,20,23)/b19-13-. The second kappa shape index (κ2) is 7.22. The first-order chi connectivity index (χ1) is 12.1. The van der Waals surface area contributed by atoms with Crippen molar-refractivity contribution in [2.24, 2.45) is 5.10 Å². The fourth-order valence-corrected chi connectivity index (χ4v) is 2.33. The maximum absolute atomic E-state index is 12.4.